The summed E-state index contributed by atoms with van der Waals surface area (Å²) >= 11 is 0. The SMILES string of the molecule is CCCCCCCCCCCCCCCCCCCCCC(=O)OC[C@@H](COP(=O)(O)OCC[N+](C)(C)C)OC(=O)CCCCCCCCC. The van der Waals surface area contributed by atoms with Gasteiger partial charge in [-0.2, -0.15) is 0 Å². The Kier molecular flexibility index (Phi) is 33.2. The van der Waals surface area contributed by atoms with Crippen molar-refractivity contribution < 1.29 is 42.1 Å². The molecule has 0 saturated heterocycles. The molecule has 0 saturated carbocycles. The molecule has 0 radical (unpaired) electrons. The number of phosphoric acid groups is 1. The van der Waals surface area contributed by atoms with Gasteiger partial charge in [0.25, 0.3) is 0 Å². The molecule has 0 spiro atoms. The summed E-state index contributed by atoms with van der Waals surface area (Å²) in [5.74, 6) is -0.794. The van der Waals surface area contributed by atoms with Crippen LogP contribution in [0.3, 0.4) is 0 Å². The Morgan fingerprint density at radius 2 is 0.900 bits per heavy atom. The molecule has 0 aromatic carbocycles. The molecule has 9 nitrogen and oxygen atoms in total. The van der Waals surface area contributed by atoms with Crippen molar-refractivity contribution in [2.75, 3.05) is 47.5 Å². The summed E-state index contributed by atoms with van der Waals surface area (Å²) in [6.45, 7) is 4.39. The van der Waals surface area contributed by atoms with Crippen LogP contribution in [0.15, 0.2) is 0 Å². The maximum Gasteiger partial charge on any atom is 0.472 e. The van der Waals surface area contributed by atoms with E-state index in [0.717, 1.165) is 38.5 Å². The maximum atomic E-state index is 12.5. The molecule has 0 aromatic heterocycles. The third-order valence-electron chi connectivity index (χ3n) is 9.14. The van der Waals surface area contributed by atoms with Crippen molar-refractivity contribution in [1.29, 1.82) is 0 Å². The minimum absolute atomic E-state index is 0.0361. The van der Waals surface area contributed by atoms with Gasteiger partial charge in [0.2, 0.25) is 0 Å². The van der Waals surface area contributed by atoms with E-state index in [2.05, 4.69) is 13.8 Å². The predicted octanol–water partition coefficient (Wildman–Crippen LogP) is 11.2. The molecule has 0 bridgehead atoms. The zero-order valence-corrected chi connectivity index (χ0v) is 34.3. The summed E-state index contributed by atoms with van der Waals surface area (Å²) in [6.07, 6.45) is 31.7. The van der Waals surface area contributed by atoms with Crippen molar-refractivity contribution in [1.82, 2.24) is 0 Å². The zero-order chi connectivity index (χ0) is 37.2. The van der Waals surface area contributed by atoms with E-state index in [4.69, 9.17) is 18.5 Å². The summed E-state index contributed by atoms with van der Waals surface area (Å²) in [7, 11) is 1.49. The Labute approximate surface area is 308 Å². The fraction of sp³-hybridized carbons (Fsp3) is 0.950. The number of unbranched alkanes of at least 4 members (excludes halogenated alkanes) is 24. The number of rotatable bonds is 38. The highest BCUT2D eigenvalue weighted by Gasteiger charge is 2.27. The molecular weight excluding hydrogens is 653 g/mol. The van der Waals surface area contributed by atoms with Crippen LogP contribution < -0.4 is 0 Å². The summed E-state index contributed by atoms with van der Waals surface area (Å²) in [5.41, 5.74) is 0. The second kappa shape index (κ2) is 33.8. The van der Waals surface area contributed by atoms with Crippen molar-refractivity contribution in [3.63, 3.8) is 0 Å². The lowest BCUT2D eigenvalue weighted by molar-refractivity contribution is -0.870. The van der Waals surface area contributed by atoms with Gasteiger partial charge in [-0.3, -0.25) is 18.6 Å². The first kappa shape index (κ1) is 49.0. The summed E-state index contributed by atoms with van der Waals surface area (Å²) in [4.78, 5) is 35.1. The second-order valence-electron chi connectivity index (χ2n) is 15.4. The van der Waals surface area contributed by atoms with Gasteiger partial charge in [0.15, 0.2) is 6.10 Å². The Morgan fingerprint density at radius 1 is 0.540 bits per heavy atom. The number of hydrogen-bond donors (Lipinski definition) is 1. The quantitative estimate of drug-likeness (QED) is 0.0289. The van der Waals surface area contributed by atoms with Crippen molar-refractivity contribution >= 4 is 19.8 Å². The van der Waals surface area contributed by atoms with Gasteiger partial charge < -0.3 is 18.9 Å². The molecule has 2 atom stereocenters. The number of likely N-dealkylation sites (N-methyl/N-ethyl adjacent to an activating group) is 1. The van der Waals surface area contributed by atoms with E-state index in [9.17, 15) is 19.0 Å². The van der Waals surface area contributed by atoms with Gasteiger partial charge in [-0.05, 0) is 12.8 Å². The van der Waals surface area contributed by atoms with Crippen LogP contribution in [0.2, 0.25) is 0 Å². The lowest BCUT2D eigenvalue weighted by Gasteiger charge is -2.24. The van der Waals surface area contributed by atoms with Gasteiger partial charge in [-0.25, -0.2) is 4.57 Å². The number of nitrogens with zero attached hydrogens (tertiary/aromatic N) is 1. The van der Waals surface area contributed by atoms with Gasteiger partial charge in [0.1, 0.15) is 19.8 Å². The van der Waals surface area contributed by atoms with Crippen molar-refractivity contribution in [3.8, 4) is 0 Å². The van der Waals surface area contributed by atoms with Gasteiger partial charge in [0.05, 0.1) is 27.7 Å². The number of phosphoric ester groups is 1. The van der Waals surface area contributed by atoms with E-state index < -0.39 is 26.5 Å². The molecule has 0 amide bonds. The van der Waals surface area contributed by atoms with Crippen molar-refractivity contribution in [2.45, 2.75) is 200 Å². The number of carbonyl (C=O) groups is 2. The van der Waals surface area contributed by atoms with Gasteiger partial charge in [-0.1, -0.05) is 168 Å². The summed E-state index contributed by atoms with van der Waals surface area (Å²) in [6, 6.07) is 0. The normalized spacial score (nSPS) is 13.6. The van der Waals surface area contributed by atoms with E-state index in [-0.39, 0.29) is 25.6 Å². The molecule has 0 aliphatic rings. The molecule has 0 aliphatic carbocycles. The second-order valence-corrected chi connectivity index (χ2v) is 16.8. The smallest absolute Gasteiger partial charge is 0.462 e. The van der Waals surface area contributed by atoms with Crippen molar-refractivity contribution in [3.05, 3.63) is 0 Å². The number of esters is 2. The van der Waals surface area contributed by atoms with Crippen LogP contribution >= 0.6 is 7.82 Å². The zero-order valence-electron chi connectivity index (χ0n) is 33.4. The molecule has 0 rings (SSSR count). The molecule has 298 valence electrons. The largest absolute Gasteiger partial charge is 0.472 e. The molecular formula is C40H81NO8P+. The van der Waals surface area contributed by atoms with Crippen LogP contribution in [0.1, 0.15) is 194 Å². The minimum Gasteiger partial charge on any atom is -0.462 e. The first-order chi connectivity index (χ1) is 24.0. The van der Waals surface area contributed by atoms with E-state index in [1.54, 1.807) is 0 Å². The first-order valence-corrected chi connectivity index (χ1v) is 22.3. The fourth-order valence-electron chi connectivity index (χ4n) is 5.84. The Bertz CT molecular complexity index is 835. The third kappa shape index (κ3) is 36.8. The van der Waals surface area contributed by atoms with Crippen LogP contribution in [0.4, 0.5) is 0 Å². The molecule has 0 aromatic rings. The average molecular weight is 735 g/mol. The van der Waals surface area contributed by atoms with Gasteiger partial charge in [-0.15, -0.1) is 0 Å². The van der Waals surface area contributed by atoms with Crippen molar-refractivity contribution in [2.24, 2.45) is 0 Å². The van der Waals surface area contributed by atoms with Crippen LogP contribution in [0, 0.1) is 0 Å². The molecule has 1 unspecified atom stereocenters. The summed E-state index contributed by atoms with van der Waals surface area (Å²) < 4.78 is 34.1. The summed E-state index contributed by atoms with van der Waals surface area (Å²) in [5, 5.41) is 0. The monoisotopic (exact) mass is 735 g/mol. The molecule has 0 aliphatic heterocycles. The molecule has 50 heavy (non-hydrogen) atoms. The number of hydrogen-bond acceptors (Lipinski definition) is 7. The Balaban J connectivity index is 4.17. The van der Waals surface area contributed by atoms with Gasteiger partial charge in [0, 0.05) is 12.8 Å². The Hall–Kier alpha value is -0.990. The van der Waals surface area contributed by atoms with E-state index in [0.29, 0.717) is 23.9 Å². The van der Waals surface area contributed by atoms with Crippen LogP contribution in [0.25, 0.3) is 0 Å². The van der Waals surface area contributed by atoms with E-state index >= 15 is 0 Å². The lowest BCUT2D eigenvalue weighted by Crippen LogP contribution is -2.37. The third-order valence-corrected chi connectivity index (χ3v) is 10.1. The molecule has 0 fully saturated rings. The lowest BCUT2D eigenvalue weighted by atomic mass is 10.0. The topological polar surface area (TPSA) is 108 Å². The number of quaternary nitrogens is 1. The highest BCUT2D eigenvalue weighted by molar-refractivity contribution is 7.47. The predicted molar refractivity (Wildman–Crippen MR) is 206 cm³/mol. The fourth-order valence-corrected chi connectivity index (χ4v) is 6.58. The van der Waals surface area contributed by atoms with Crippen LogP contribution in [0.5, 0.6) is 0 Å². The highest BCUT2D eigenvalue weighted by Crippen LogP contribution is 2.43. The first-order valence-electron chi connectivity index (χ1n) is 20.8. The number of ether oxygens (including phenoxy) is 2. The standard InChI is InChI=1S/C40H80NO8P/c1-6-8-10-12-14-15-16-17-18-19-20-21-22-23-24-25-27-28-30-32-39(42)46-36-38(37-48-50(44,45)47-35-34-41(3,4)5)49-40(43)33-31-29-26-13-11-9-7-2/h38H,6-37H2,1-5H3/p+1/t38-/m0/s1. The van der Waals surface area contributed by atoms with E-state index in [1.807, 2.05) is 21.1 Å². The van der Waals surface area contributed by atoms with E-state index in [1.165, 1.54) is 122 Å². The Morgan fingerprint density at radius 3 is 1.28 bits per heavy atom. The molecule has 1 N–H and O–H groups in total. The average Bonchev–Trinajstić information content (AvgIpc) is 3.06. The molecule has 10 heteroatoms. The van der Waals surface area contributed by atoms with Gasteiger partial charge >= 0.3 is 19.8 Å². The van der Waals surface area contributed by atoms with Crippen LogP contribution in [-0.4, -0.2) is 74.9 Å². The molecule has 0 heterocycles. The minimum atomic E-state index is -4.35. The maximum absolute atomic E-state index is 12.5. The highest BCUT2D eigenvalue weighted by atomic mass is 31.2. The van der Waals surface area contributed by atoms with Crippen LogP contribution in [-0.2, 0) is 32.7 Å². The number of carbonyl (C=O) groups excluding carboxylic acids is 2.